The summed E-state index contributed by atoms with van der Waals surface area (Å²) in [6.45, 7) is 1.08. The number of guanidine groups is 1. The number of aromatic nitrogens is 1. The summed E-state index contributed by atoms with van der Waals surface area (Å²) >= 11 is 16.2. The number of hydrogen-bond donors (Lipinski definition) is 4. The first kappa shape index (κ1) is 18.9. The molecule has 0 aliphatic rings. The average Bonchev–Trinajstić information content (AvgIpc) is 2.13. The summed E-state index contributed by atoms with van der Waals surface area (Å²) in [5.41, 5.74) is 8.94. The number of hydrogen-bond acceptors (Lipinski definition) is 3. The van der Waals surface area contributed by atoms with Crippen LogP contribution in [0.5, 0.6) is 5.88 Å². The zero-order valence-electron chi connectivity index (χ0n) is 9.08. The number of nitrogens with zero attached hydrogens (tertiary/aromatic N) is 1. The lowest BCUT2D eigenvalue weighted by Crippen LogP contribution is -2.20. The number of halogens is 3. The Bertz CT molecular complexity index is 358. The van der Waals surface area contributed by atoms with Crippen LogP contribution in [0.2, 0.25) is 15.2 Å². The normalized spacial score (nSPS) is 8.22. The van der Waals surface area contributed by atoms with Gasteiger partial charge in [-0.15, -0.1) is 0 Å². The highest BCUT2D eigenvalue weighted by atomic mass is 35.5. The van der Waals surface area contributed by atoms with Gasteiger partial charge in [-0.2, -0.15) is 4.98 Å². The minimum atomic E-state index is -0.833. The fourth-order valence-corrected chi connectivity index (χ4v) is 0.918. The van der Waals surface area contributed by atoms with Crippen LogP contribution in [0.3, 0.4) is 0 Å². The van der Waals surface area contributed by atoms with Gasteiger partial charge in [0.1, 0.15) is 5.02 Å². The van der Waals surface area contributed by atoms with Gasteiger partial charge >= 0.3 is 0 Å². The third kappa shape index (κ3) is 12.6. The minimum Gasteiger partial charge on any atom is -0.481 e. The van der Waals surface area contributed by atoms with Gasteiger partial charge in [-0.05, 0) is 6.07 Å². The molecule has 6 N–H and O–H groups in total. The van der Waals surface area contributed by atoms with E-state index in [0.29, 0.717) is 0 Å². The van der Waals surface area contributed by atoms with Crippen LogP contribution in [-0.2, 0) is 9.90 Å². The molecule has 0 aromatic carbocycles. The summed E-state index contributed by atoms with van der Waals surface area (Å²) in [7, 11) is 0. The molecule has 0 spiro atoms. The van der Waals surface area contributed by atoms with Gasteiger partial charge in [0.05, 0.1) is 5.02 Å². The Morgan fingerprint density at radius 3 is 1.94 bits per heavy atom. The Morgan fingerprint density at radius 1 is 1.33 bits per heavy atom. The van der Waals surface area contributed by atoms with Crippen molar-refractivity contribution in [3.63, 3.8) is 0 Å². The van der Waals surface area contributed by atoms with E-state index in [2.05, 4.69) is 16.5 Å². The quantitative estimate of drug-likeness (QED) is 0.329. The topological polar surface area (TPSA) is 146 Å². The molecule has 1 rings (SSSR count). The van der Waals surface area contributed by atoms with E-state index < -0.39 is 11.8 Å². The van der Waals surface area contributed by atoms with Gasteiger partial charge in [0.25, 0.3) is 11.8 Å². The number of nitrogens with two attached hydrogens (primary N) is 2. The first-order valence-corrected chi connectivity index (χ1v) is 5.18. The van der Waals surface area contributed by atoms with Crippen molar-refractivity contribution in [2.75, 3.05) is 0 Å². The molecule has 0 saturated carbocycles. The summed E-state index contributed by atoms with van der Waals surface area (Å²) in [6.07, 6.45) is 0. The molecule has 0 aliphatic carbocycles. The maximum absolute atomic E-state index is 10.6. The van der Waals surface area contributed by atoms with Crippen molar-refractivity contribution in [3.05, 3.63) is 21.3 Å². The van der Waals surface area contributed by atoms with Crippen LogP contribution in [0.25, 0.3) is 0 Å². The van der Waals surface area contributed by atoms with Gasteiger partial charge in [-0.1, -0.05) is 34.8 Å². The van der Waals surface area contributed by atoms with Crippen LogP contribution < -0.4 is 11.5 Å². The largest absolute Gasteiger partial charge is 0.481 e. The molecule has 0 bridgehead atoms. The predicted octanol–water partition coefficient (Wildman–Crippen LogP) is 2.12. The Hall–Kier alpha value is -1.44. The van der Waals surface area contributed by atoms with Crippen molar-refractivity contribution in [2.24, 2.45) is 11.5 Å². The van der Waals surface area contributed by atoms with Gasteiger partial charge in [-0.3, -0.25) is 15.3 Å². The minimum absolute atomic E-state index is 0.0175. The monoisotopic (exact) mass is 315 g/mol. The van der Waals surface area contributed by atoms with E-state index in [0.717, 1.165) is 6.92 Å². The van der Waals surface area contributed by atoms with Crippen LogP contribution in [0.15, 0.2) is 6.07 Å². The second kappa shape index (κ2) is 9.58. The summed E-state index contributed by atoms with van der Waals surface area (Å²) in [4.78, 5) is 12.3. The average molecular weight is 317 g/mol. The zero-order valence-corrected chi connectivity index (χ0v) is 11.3. The van der Waals surface area contributed by atoms with Crippen LogP contribution >= 0.6 is 34.8 Å². The van der Waals surface area contributed by atoms with E-state index in [1.807, 2.05) is 0 Å². The zero-order chi connectivity index (χ0) is 14.9. The van der Waals surface area contributed by atoms with Crippen molar-refractivity contribution in [3.8, 4) is 5.88 Å². The van der Waals surface area contributed by atoms with Gasteiger partial charge < -0.3 is 16.6 Å². The molecule has 10 heteroatoms. The maximum atomic E-state index is 10.6. The number of carbonyl (C=O) groups is 1. The second-order valence-corrected chi connectivity index (χ2v) is 3.69. The molecule has 1 aromatic rings. The Balaban J connectivity index is 0. The molecule has 7 nitrogen and oxygen atoms in total. The summed E-state index contributed by atoms with van der Waals surface area (Å²) in [5.74, 6) is -1.73. The van der Waals surface area contributed by atoms with Gasteiger partial charge in [0.2, 0.25) is 0 Å². The molecule has 0 amide bonds. The van der Waals surface area contributed by atoms with Gasteiger partial charge in [-0.25, -0.2) is 0 Å². The number of aliphatic carboxylic acids is 1. The van der Waals surface area contributed by atoms with E-state index in [-0.39, 0.29) is 21.2 Å². The molecule has 0 unspecified atom stereocenters. The lowest BCUT2D eigenvalue weighted by Gasteiger charge is -1.94. The predicted molar refractivity (Wildman–Crippen MR) is 68.8 cm³/mol. The van der Waals surface area contributed by atoms with E-state index in [4.69, 9.17) is 50.1 Å². The molecular formula is C8H10Cl3N4O3. The Morgan fingerprint density at radius 2 is 1.67 bits per heavy atom. The van der Waals surface area contributed by atoms with Crippen molar-refractivity contribution in [2.45, 2.75) is 6.92 Å². The SMILES string of the molecule is CC(=O)O.N=C(N)N.[O]c1nc(Cl)c(Cl)cc1Cl. The highest BCUT2D eigenvalue weighted by molar-refractivity contribution is 6.42. The van der Waals surface area contributed by atoms with E-state index in [9.17, 15) is 5.11 Å². The molecule has 0 aliphatic heterocycles. The number of carboxylic acids is 1. The van der Waals surface area contributed by atoms with E-state index in [1.54, 1.807) is 0 Å². The second-order valence-electron chi connectivity index (χ2n) is 2.52. The smallest absolute Gasteiger partial charge is 0.300 e. The first-order chi connectivity index (χ1) is 8.07. The highest BCUT2D eigenvalue weighted by Crippen LogP contribution is 2.29. The maximum Gasteiger partial charge on any atom is 0.300 e. The summed E-state index contributed by atoms with van der Waals surface area (Å²) in [5, 5.41) is 24.2. The van der Waals surface area contributed by atoms with Crippen molar-refractivity contribution in [1.82, 2.24) is 4.98 Å². The van der Waals surface area contributed by atoms with Crippen LogP contribution in [0.4, 0.5) is 0 Å². The fraction of sp³-hybridized carbons (Fsp3) is 0.125. The molecule has 0 fully saturated rings. The van der Waals surface area contributed by atoms with Crippen LogP contribution in [-0.4, -0.2) is 22.0 Å². The molecule has 101 valence electrons. The third-order valence-electron chi connectivity index (χ3n) is 0.855. The van der Waals surface area contributed by atoms with Gasteiger partial charge in [0.15, 0.2) is 11.1 Å². The molecule has 1 heterocycles. The van der Waals surface area contributed by atoms with Crippen molar-refractivity contribution in [1.29, 1.82) is 5.41 Å². The third-order valence-corrected chi connectivity index (χ3v) is 1.80. The Kier molecular flexibility index (Phi) is 10.1. The first-order valence-electron chi connectivity index (χ1n) is 4.05. The Labute approximate surface area is 118 Å². The number of carboxylic acid groups (broad SMARTS) is 1. The van der Waals surface area contributed by atoms with E-state index >= 15 is 0 Å². The van der Waals surface area contributed by atoms with Crippen molar-refractivity contribution >= 4 is 46.7 Å². The number of pyridine rings is 1. The summed E-state index contributed by atoms with van der Waals surface area (Å²) in [6, 6.07) is 1.26. The standard InChI is InChI=1S/C5HCl3NO.C2H4O2.CH5N3/c6-2-1-3(7)5(10)9-4(2)8;1-2(3)4;2-1(3)4/h1H;1H3,(H,3,4);(H5,2,3,4). The lowest BCUT2D eigenvalue weighted by atomic mass is 10.5. The van der Waals surface area contributed by atoms with Crippen LogP contribution in [0.1, 0.15) is 6.92 Å². The highest BCUT2D eigenvalue weighted by Gasteiger charge is 2.06. The van der Waals surface area contributed by atoms with Crippen LogP contribution in [0, 0.1) is 5.41 Å². The molecule has 1 radical (unpaired) electrons. The molecular weight excluding hydrogens is 306 g/mol. The molecule has 0 atom stereocenters. The fourth-order valence-electron chi connectivity index (χ4n) is 0.429. The molecule has 18 heavy (non-hydrogen) atoms. The lowest BCUT2D eigenvalue weighted by molar-refractivity contribution is -0.134. The molecule has 0 saturated heterocycles. The van der Waals surface area contributed by atoms with Gasteiger partial charge in [0, 0.05) is 6.92 Å². The number of nitrogens with one attached hydrogen (secondary N) is 1. The molecule has 1 aromatic heterocycles. The summed E-state index contributed by atoms with van der Waals surface area (Å²) < 4.78 is 0. The number of rotatable bonds is 0. The van der Waals surface area contributed by atoms with E-state index in [1.165, 1.54) is 6.07 Å². The van der Waals surface area contributed by atoms with Crippen molar-refractivity contribution < 1.29 is 15.0 Å².